The molecular formula is C10H20MnN2O4S2. The van der Waals surface area contributed by atoms with Crippen LogP contribution >= 0.6 is 23.5 Å². The van der Waals surface area contributed by atoms with Gasteiger partial charge in [0.1, 0.15) is 0 Å². The third-order valence-corrected chi connectivity index (χ3v) is 3.16. The van der Waals surface area contributed by atoms with Crippen molar-refractivity contribution in [2.75, 3.05) is 24.0 Å². The summed E-state index contributed by atoms with van der Waals surface area (Å²) in [6.45, 7) is 0. The summed E-state index contributed by atoms with van der Waals surface area (Å²) in [6.07, 6.45) is 4.79. The minimum Gasteiger partial charge on any atom is -0.548 e. The number of hydrogen-bond donors (Lipinski definition) is 2. The average molecular weight is 351 g/mol. The number of carbonyl (C=O) groups is 2. The van der Waals surface area contributed by atoms with Gasteiger partial charge in [-0.15, -0.1) is 0 Å². The summed E-state index contributed by atoms with van der Waals surface area (Å²) >= 11 is 3.15. The molecule has 1 radical (unpaired) electrons. The molecule has 0 amide bonds. The fourth-order valence-electron chi connectivity index (χ4n) is 0.725. The third kappa shape index (κ3) is 18.1. The molecule has 0 fully saturated rings. The maximum Gasteiger partial charge on any atom is 2.00 e. The van der Waals surface area contributed by atoms with Crippen molar-refractivity contribution >= 4 is 35.5 Å². The third-order valence-electron chi connectivity index (χ3n) is 1.87. The van der Waals surface area contributed by atoms with E-state index >= 15 is 0 Å². The summed E-state index contributed by atoms with van der Waals surface area (Å²) in [4.78, 5) is 19.9. The number of carbonyl (C=O) groups excluding carboxylic acids is 2. The number of rotatable bonds is 8. The summed E-state index contributed by atoms with van der Waals surface area (Å²) in [5.74, 6) is -0.780. The molecule has 0 heterocycles. The van der Waals surface area contributed by atoms with Crippen molar-refractivity contribution in [1.82, 2.24) is 0 Å². The zero-order valence-electron chi connectivity index (χ0n) is 11.0. The predicted octanol–water partition coefficient (Wildman–Crippen LogP) is -2.37. The molecule has 0 aromatic heterocycles. The molecule has 9 heteroatoms. The van der Waals surface area contributed by atoms with E-state index in [1.807, 2.05) is 12.5 Å². The van der Waals surface area contributed by atoms with E-state index in [-0.39, 0.29) is 17.1 Å². The van der Waals surface area contributed by atoms with Crippen LogP contribution in [0, 0.1) is 0 Å². The normalized spacial score (nSPS) is 12.4. The van der Waals surface area contributed by atoms with Crippen molar-refractivity contribution in [1.29, 1.82) is 0 Å². The zero-order valence-corrected chi connectivity index (χ0v) is 13.8. The smallest absolute Gasteiger partial charge is 0.548 e. The van der Waals surface area contributed by atoms with E-state index in [1.54, 1.807) is 23.5 Å². The summed E-state index contributed by atoms with van der Waals surface area (Å²) in [5, 5.41) is 19.9. The van der Waals surface area contributed by atoms with Crippen molar-refractivity contribution in [3.05, 3.63) is 0 Å². The van der Waals surface area contributed by atoms with E-state index in [0.717, 1.165) is 11.5 Å². The van der Waals surface area contributed by atoms with Crippen LogP contribution in [0.4, 0.5) is 0 Å². The molecule has 0 rings (SSSR count). The quantitative estimate of drug-likeness (QED) is 0.464. The Morgan fingerprint density at radius 1 is 0.947 bits per heavy atom. The van der Waals surface area contributed by atoms with Gasteiger partial charge in [0, 0.05) is 12.1 Å². The molecule has 0 saturated heterocycles. The first-order chi connectivity index (χ1) is 8.36. The second-order valence-electron chi connectivity index (χ2n) is 3.41. The molecule has 19 heavy (non-hydrogen) atoms. The fourth-order valence-corrected chi connectivity index (χ4v) is 1.70. The molecule has 2 unspecified atom stereocenters. The molecule has 0 aromatic carbocycles. The predicted molar refractivity (Wildman–Crippen MR) is 72.0 cm³/mol. The van der Waals surface area contributed by atoms with Crippen LogP contribution in [-0.2, 0) is 26.7 Å². The second-order valence-corrected chi connectivity index (χ2v) is 5.39. The van der Waals surface area contributed by atoms with Crippen LogP contribution in [0.15, 0.2) is 0 Å². The summed E-state index contributed by atoms with van der Waals surface area (Å²) in [7, 11) is 0. The summed E-state index contributed by atoms with van der Waals surface area (Å²) < 4.78 is 0. The van der Waals surface area contributed by atoms with Crippen molar-refractivity contribution in [3.8, 4) is 0 Å². The van der Waals surface area contributed by atoms with Gasteiger partial charge >= 0.3 is 17.1 Å². The van der Waals surface area contributed by atoms with Gasteiger partial charge in [-0.2, -0.15) is 23.5 Å². The summed E-state index contributed by atoms with van der Waals surface area (Å²) in [6, 6.07) is -1.59. The van der Waals surface area contributed by atoms with Gasteiger partial charge in [-0.1, -0.05) is 0 Å². The number of nitrogens with two attached hydrogens (primary N) is 2. The number of aliphatic carboxylic acids is 2. The molecule has 0 aromatic rings. The molecule has 0 aliphatic heterocycles. The number of hydrogen-bond acceptors (Lipinski definition) is 8. The molecule has 0 bridgehead atoms. The Morgan fingerprint density at radius 2 is 1.21 bits per heavy atom. The first-order valence-corrected chi connectivity index (χ1v) is 8.06. The summed E-state index contributed by atoms with van der Waals surface area (Å²) in [5.41, 5.74) is 10.3. The van der Waals surface area contributed by atoms with Gasteiger partial charge in [0.15, 0.2) is 0 Å². The number of thioether (sulfide) groups is 2. The Morgan fingerprint density at radius 3 is 1.37 bits per heavy atom. The largest absolute Gasteiger partial charge is 2.00 e. The minimum atomic E-state index is -1.16. The fraction of sp³-hybridized carbons (Fsp3) is 0.800. The van der Waals surface area contributed by atoms with Crippen LogP contribution < -0.4 is 21.7 Å². The van der Waals surface area contributed by atoms with Crippen molar-refractivity contribution in [3.63, 3.8) is 0 Å². The Bertz CT molecular complexity index is 224. The van der Waals surface area contributed by atoms with Crippen molar-refractivity contribution in [2.24, 2.45) is 11.5 Å². The Hall–Kier alpha value is 0.0795. The first-order valence-electron chi connectivity index (χ1n) is 5.27. The van der Waals surface area contributed by atoms with Gasteiger partial charge in [0.2, 0.25) is 0 Å². The monoisotopic (exact) mass is 351 g/mol. The second kappa shape index (κ2) is 16.1. The van der Waals surface area contributed by atoms with Crippen LogP contribution in [0.3, 0.4) is 0 Å². The van der Waals surface area contributed by atoms with Crippen LogP contribution in [0.25, 0.3) is 0 Å². The Kier molecular flexibility index (Phi) is 20.5. The van der Waals surface area contributed by atoms with E-state index < -0.39 is 24.0 Å². The molecule has 6 nitrogen and oxygen atoms in total. The van der Waals surface area contributed by atoms with Gasteiger partial charge in [0.05, 0.1) is 11.9 Å². The Labute approximate surface area is 132 Å². The molecule has 0 spiro atoms. The van der Waals surface area contributed by atoms with Gasteiger partial charge < -0.3 is 31.3 Å². The molecule has 0 aliphatic carbocycles. The minimum absolute atomic E-state index is 0. The number of carboxylic acids is 2. The van der Waals surface area contributed by atoms with Crippen molar-refractivity contribution in [2.45, 2.75) is 24.9 Å². The van der Waals surface area contributed by atoms with Gasteiger partial charge in [-0.25, -0.2) is 0 Å². The van der Waals surface area contributed by atoms with E-state index in [2.05, 4.69) is 0 Å². The standard InChI is InChI=1S/2C5H11NO2S.Mn/c2*1-9-3-2-4(6)5(7)8;/h2*4H,2-3,6H2,1H3,(H,7,8);/q;;+2/p-2. The van der Waals surface area contributed by atoms with Gasteiger partial charge in [0.25, 0.3) is 0 Å². The van der Waals surface area contributed by atoms with Crippen LogP contribution in [0.1, 0.15) is 12.8 Å². The molecule has 113 valence electrons. The van der Waals surface area contributed by atoms with E-state index in [0.29, 0.717) is 12.8 Å². The van der Waals surface area contributed by atoms with Gasteiger partial charge in [-0.05, 0) is 36.9 Å². The van der Waals surface area contributed by atoms with Gasteiger partial charge in [-0.3, -0.25) is 0 Å². The molecular weight excluding hydrogens is 331 g/mol. The maximum absolute atomic E-state index is 9.96. The SMILES string of the molecule is CSCCC(N)C(=O)[O-].CSCCC(N)C(=O)[O-].[Mn+2]. The van der Waals surface area contributed by atoms with Crippen molar-refractivity contribution < 1.29 is 36.9 Å². The van der Waals surface area contributed by atoms with E-state index in [4.69, 9.17) is 11.5 Å². The van der Waals surface area contributed by atoms with E-state index in [1.165, 1.54) is 0 Å². The molecule has 0 aliphatic rings. The van der Waals surface area contributed by atoms with Crippen LogP contribution in [-0.4, -0.2) is 48.0 Å². The van der Waals surface area contributed by atoms with E-state index in [9.17, 15) is 19.8 Å². The molecule has 0 saturated carbocycles. The topological polar surface area (TPSA) is 132 Å². The maximum atomic E-state index is 9.96. The molecule has 2 atom stereocenters. The first kappa shape index (κ1) is 24.1. The Balaban J connectivity index is -0.000000256. The van der Waals surface area contributed by atoms with Crippen LogP contribution in [0.2, 0.25) is 0 Å². The average Bonchev–Trinajstić information content (AvgIpc) is 2.33. The zero-order chi connectivity index (χ0) is 14.6. The number of carboxylic acid groups (broad SMARTS) is 2. The van der Waals surface area contributed by atoms with Crippen LogP contribution in [0.5, 0.6) is 0 Å². The molecule has 4 N–H and O–H groups in total.